The molecule has 3 atom stereocenters. The fraction of sp³-hybridized carbons (Fsp3) is 0.217. The van der Waals surface area contributed by atoms with E-state index in [1.54, 1.807) is 36.4 Å². The second-order valence-corrected chi connectivity index (χ2v) is 7.68. The summed E-state index contributed by atoms with van der Waals surface area (Å²) in [5.41, 5.74) is -0.505. The molecular formula is C23H19F2N3O7. The average molecular weight is 487 g/mol. The SMILES string of the molecule is O=C(O)c1ccccc1-c1ccccc1C(=O)Nc1ccn(C2OC(CO)C(O)C2(F)F)c(=O)n1. The van der Waals surface area contributed by atoms with Gasteiger partial charge in [-0.05, 0) is 29.3 Å². The van der Waals surface area contributed by atoms with E-state index in [0.717, 1.165) is 12.3 Å². The number of carboxylic acid groups (broad SMARTS) is 1. The topological polar surface area (TPSA) is 151 Å². The number of benzene rings is 2. The summed E-state index contributed by atoms with van der Waals surface area (Å²) >= 11 is 0. The lowest BCUT2D eigenvalue weighted by Gasteiger charge is -2.21. The smallest absolute Gasteiger partial charge is 0.351 e. The van der Waals surface area contributed by atoms with E-state index in [1.807, 2.05) is 0 Å². The number of ether oxygens (including phenoxy) is 1. The van der Waals surface area contributed by atoms with E-state index in [1.165, 1.54) is 12.1 Å². The molecule has 4 rings (SSSR count). The summed E-state index contributed by atoms with van der Waals surface area (Å²) in [6, 6.07) is 13.4. The van der Waals surface area contributed by atoms with Gasteiger partial charge in [0.1, 0.15) is 11.9 Å². The van der Waals surface area contributed by atoms with Crippen molar-refractivity contribution in [2.45, 2.75) is 24.4 Å². The first kappa shape index (κ1) is 24.1. The van der Waals surface area contributed by atoms with E-state index >= 15 is 0 Å². The van der Waals surface area contributed by atoms with Crippen LogP contribution in [-0.4, -0.2) is 61.5 Å². The largest absolute Gasteiger partial charge is 0.478 e. The Balaban J connectivity index is 1.62. The van der Waals surface area contributed by atoms with Gasteiger partial charge >= 0.3 is 17.6 Å². The van der Waals surface area contributed by atoms with E-state index in [2.05, 4.69) is 10.3 Å². The first-order chi connectivity index (χ1) is 16.6. The number of hydrogen-bond donors (Lipinski definition) is 4. The van der Waals surface area contributed by atoms with Crippen molar-refractivity contribution < 1.29 is 38.4 Å². The number of nitrogens with one attached hydrogen (secondary N) is 1. The molecule has 0 saturated carbocycles. The molecule has 2 aromatic carbocycles. The maximum absolute atomic E-state index is 14.3. The molecule has 0 bridgehead atoms. The highest BCUT2D eigenvalue weighted by Crippen LogP contribution is 2.42. The van der Waals surface area contributed by atoms with Crippen LogP contribution in [0, 0.1) is 0 Å². The van der Waals surface area contributed by atoms with Crippen LogP contribution in [0.4, 0.5) is 14.6 Å². The molecule has 10 nitrogen and oxygen atoms in total. The maximum atomic E-state index is 14.3. The molecule has 1 saturated heterocycles. The average Bonchev–Trinajstić information content (AvgIpc) is 3.07. The van der Waals surface area contributed by atoms with Gasteiger partial charge in [-0.25, -0.2) is 9.59 Å². The molecule has 0 radical (unpaired) electrons. The van der Waals surface area contributed by atoms with Gasteiger partial charge < -0.3 is 25.4 Å². The second kappa shape index (κ2) is 9.33. The highest BCUT2D eigenvalue weighted by Gasteiger charge is 2.59. The highest BCUT2D eigenvalue weighted by atomic mass is 19.3. The standard InChI is InChI=1S/C23H19F2N3O7/c24-23(25)18(30)16(11-29)35-21(23)28-10-9-17(27-22(28)34)26-19(31)14-7-3-1-5-12(14)13-6-2-4-8-15(13)20(32)33/h1-10,16,18,21,29-30H,11H2,(H,32,33)(H,26,27,31,34). The van der Waals surface area contributed by atoms with Crippen LogP contribution in [0.2, 0.25) is 0 Å². The molecule has 1 fully saturated rings. The fourth-order valence-electron chi connectivity index (χ4n) is 3.78. The van der Waals surface area contributed by atoms with Crippen molar-refractivity contribution in [3.63, 3.8) is 0 Å². The van der Waals surface area contributed by atoms with Crippen LogP contribution in [-0.2, 0) is 4.74 Å². The molecule has 3 unspecified atom stereocenters. The van der Waals surface area contributed by atoms with E-state index in [0.29, 0.717) is 15.7 Å². The van der Waals surface area contributed by atoms with Crippen LogP contribution in [0.5, 0.6) is 0 Å². The number of alkyl halides is 2. The quantitative estimate of drug-likeness (QED) is 0.411. The fourth-order valence-corrected chi connectivity index (χ4v) is 3.78. The third kappa shape index (κ3) is 4.41. The normalized spacial score (nSPS) is 21.0. The Kier molecular flexibility index (Phi) is 6.43. The zero-order chi connectivity index (χ0) is 25.3. The van der Waals surface area contributed by atoms with E-state index in [9.17, 15) is 33.4 Å². The van der Waals surface area contributed by atoms with Crippen LogP contribution < -0.4 is 11.0 Å². The molecule has 1 aliphatic rings. The molecule has 0 spiro atoms. The molecule has 2 heterocycles. The van der Waals surface area contributed by atoms with E-state index in [-0.39, 0.29) is 16.9 Å². The zero-order valence-corrected chi connectivity index (χ0v) is 17.8. The molecule has 182 valence electrons. The third-order valence-electron chi connectivity index (χ3n) is 5.50. The second-order valence-electron chi connectivity index (χ2n) is 7.68. The lowest BCUT2D eigenvalue weighted by atomic mass is 9.95. The minimum Gasteiger partial charge on any atom is -0.478 e. The first-order valence-electron chi connectivity index (χ1n) is 10.3. The van der Waals surface area contributed by atoms with Crippen molar-refractivity contribution >= 4 is 17.7 Å². The van der Waals surface area contributed by atoms with E-state index < -0.39 is 48.5 Å². The summed E-state index contributed by atoms with van der Waals surface area (Å²) in [5.74, 6) is -6.03. The summed E-state index contributed by atoms with van der Waals surface area (Å²) in [7, 11) is 0. The van der Waals surface area contributed by atoms with Crippen LogP contribution in [0.15, 0.2) is 65.6 Å². The number of aliphatic hydroxyl groups is 2. The van der Waals surface area contributed by atoms with Gasteiger partial charge in [0.05, 0.1) is 12.2 Å². The molecule has 12 heteroatoms. The Morgan fingerprint density at radius 1 is 1.06 bits per heavy atom. The maximum Gasteiger partial charge on any atom is 0.351 e. The van der Waals surface area contributed by atoms with Crippen LogP contribution >= 0.6 is 0 Å². The Morgan fingerprint density at radius 3 is 2.23 bits per heavy atom. The molecule has 35 heavy (non-hydrogen) atoms. The molecule has 1 aliphatic heterocycles. The van der Waals surface area contributed by atoms with Gasteiger partial charge in [0.15, 0.2) is 6.10 Å². The summed E-state index contributed by atoms with van der Waals surface area (Å²) in [6.07, 6.45) is -5.20. The summed E-state index contributed by atoms with van der Waals surface area (Å²) < 4.78 is 34.1. The van der Waals surface area contributed by atoms with Gasteiger partial charge in [-0.15, -0.1) is 0 Å². The van der Waals surface area contributed by atoms with Crippen molar-refractivity contribution in [2.24, 2.45) is 0 Å². The van der Waals surface area contributed by atoms with Gasteiger partial charge in [0, 0.05) is 11.8 Å². The van der Waals surface area contributed by atoms with Crippen LogP contribution in [0.1, 0.15) is 26.9 Å². The number of hydrogen-bond acceptors (Lipinski definition) is 7. The summed E-state index contributed by atoms with van der Waals surface area (Å²) in [4.78, 5) is 40.6. The lowest BCUT2D eigenvalue weighted by Crippen LogP contribution is -2.41. The Bertz CT molecular complexity index is 1340. The monoisotopic (exact) mass is 487 g/mol. The molecular weight excluding hydrogens is 468 g/mol. The lowest BCUT2D eigenvalue weighted by molar-refractivity contribution is -0.140. The number of carbonyl (C=O) groups is 2. The van der Waals surface area contributed by atoms with Crippen molar-refractivity contribution in [3.05, 3.63) is 82.4 Å². The third-order valence-corrected chi connectivity index (χ3v) is 5.50. The number of aromatic nitrogens is 2. The summed E-state index contributed by atoms with van der Waals surface area (Å²) in [6.45, 7) is -0.881. The molecule has 1 aromatic heterocycles. The van der Waals surface area contributed by atoms with Crippen LogP contribution in [0.3, 0.4) is 0 Å². The Hall–Kier alpha value is -4.00. The minimum absolute atomic E-state index is 0.0191. The number of aromatic carboxylic acids is 1. The number of carboxylic acids is 1. The van der Waals surface area contributed by atoms with Gasteiger partial charge in [-0.1, -0.05) is 36.4 Å². The molecule has 1 amide bonds. The number of carbonyl (C=O) groups excluding carboxylic acids is 1. The molecule has 4 N–H and O–H groups in total. The van der Waals surface area contributed by atoms with Gasteiger partial charge in [0.25, 0.3) is 5.91 Å². The summed E-state index contributed by atoms with van der Waals surface area (Å²) in [5, 5.41) is 30.6. The molecule has 3 aromatic rings. The zero-order valence-electron chi connectivity index (χ0n) is 17.8. The number of nitrogens with zero attached hydrogens (tertiary/aromatic N) is 2. The van der Waals surface area contributed by atoms with Gasteiger partial charge in [0.2, 0.25) is 6.23 Å². The number of amides is 1. The van der Waals surface area contributed by atoms with E-state index in [4.69, 9.17) is 9.84 Å². The van der Waals surface area contributed by atoms with Gasteiger partial charge in [-0.3, -0.25) is 9.36 Å². The number of halogens is 2. The number of anilines is 1. The first-order valence-corrected chi connectivity index (χ1v) is 10.3. The predicted molar refractivity (Wildman–Crippen MR) is 117 cm³/mol. The van der Waals surface area contributed by atoms with Crippen molar-refractivity contribution in [3.8, 4) is 11.1 Å². The Labute approximate surface area is 196 Å². The van der Waals surface area contributed by atoms with Gasteiger partial charge in [-0.2, -0.15) is 13.8 Å². The minimum atomic E-state index is -3.87. The number of rotatable bonds is 6. The Morgan fingerprint density at radius 2 is 1.66 bits per heavy atom. The van der Waals surface area contributed by atoms with Crippen LogP contribution in [0.25, 0.3) is 11.1 Å². The van der Waals surface area contributed by atoms with Crippen molar-refractivity contribution in [1.82, 2.24) is 9.55 Å². The van der Waals surface area contributed by atoms with Crippen molar-refractivity contribution in [2.75, 3.05) is 11.9 Å². The predicted octanol–water partition coefficient (Wildman–Crippen LogP) is 1.75. The highest BCUT2D eigenvalue weighted by molar-refractivity contribution is 6.10. The molecule has 0 aliphatic carbocycles. The number of aliphatic hydroxyl groups excluding tert-OH is 2. The van der Waals surface area contributed by atoms with Crippen molar-refractivity contribution in [1.29, 1.82) is 0 Å².